The predicted octanol–water partition coefficient (Wildman–Crippen LogP) is 3.33. The molecular formula is C16H30ClNO. The molecule has 0 saturated heterocycles. The molecule has 0 aliphatic heterocycles. The van der Waals surface area contributed by atoms with Gasteiger partial charge in [-0.3, -0.25) is 0 Å². The van der Waals surface area contributed by atoms with Crippen molar-refractivity contribution in [3.63, 3.8) is 0 Å². The quantitative estimate of drug-likeness (QED) is 0.838. The largest absolute Gasteiger partial charge is 0.395 e. The predicted molar refractivity (Wildman–Crippen MR) is 81.6 cm³/mol. The first-order chi connectivity index (χ1) is 8.60. The van der Waals surface area contributed by atoms with Gasteiger partial charge in [-0.25, -0.2) is 0 Å². The maximum absolute atomic E-state index is 9.07. The van der Waals surface area contributed by atoms with Crippen LogP contribution in [0.5, 0.6) is 0 Å². The number of nitrogens with zero attached hydrogens (tertiary/aromatic N) is 1. The van der Waals surface area contributed by atoms with Gasteiger partial charge in [-0.1, -0.05) is 0 Å². The van der Waals surface area contributed by atoms with Crippen LogP contribution in [0, 0.1) is 23.2 Å². The van der Waals surface area contributed by atoms with Crippen LogP contribution in [-0.4, -0.2) is 36.2 Å². The molecule has 4 fully saturated rings. The number of likely N-dealkylation sites (N-methyl/N-ethyl adjacent to an activating group) is 1. The molecule has 4 rings (SSSR count). The zero-order valence-corrected chi connectivity index (χ0v) is 13.3. The second kappa shape index (κ2) is 5.91. The standard InChI is InChI=1S/C16H29NO.ClH/c1-12(17(2)3-4-18)8-16-9-13-5-14(10-16)7-15(6-13)11-16;/h12-15,18H,3-11H2,1-2H3;1H. The molecule has 0 spiro atoms. The van der Waals surface area contributed by atoms with Crippen LogP contribution < -0.4 is 0 Å². The van der Waals surface area contributed by atoms with E-state index in [0.29, 0.717) is 18.1 Å². The van der Waals surface area contributed by atoms with Crippen molar-refractivity contribution in [1.82, 2.24) is 4.90 Å². The molecule has 1 N–H and O–H groups in total. The maximum atomic E-state index is 9.07. The average molecular weight is 288 g/mol. The summed E-state index contributed by atoms with van der Waals surface area (Å²) < 4.78 is 0. The van der Waals surface area contributed by atoms with Crippen molar-refractivity contribution in [1.29, 1.82) is 0 Å². The van der Waals surface area contributed by atoms with Gasteiger partial charge in [0.05, 0.1) is 6.61 Å². The molecule has 1 atom stereocenters. The Bertz CT molecular complexity index is 272. The average Bonchev–Trinajstić information content (AvgIpc) is 2.26. The molecule has 1 unspecified atom stereocenters. The third-order valence-corrected chi connectivity index (χ3v) is 6.10. The Morgan fingerprint density at radius 3 is 2.00 bits per heavy atom. The summed E-state index contributed by atoms with van der Waals surface area (Å²) in [6, 6.07) is 0.633. The van der Waals surface area contributed by atoms with E-state index in [9.17, 15) is 0 Å². The van der Waals surface area contributed by atoms with E-state index in [1.165, 1.54) is 25.7 Å². The van der Waals surface area contributed by atoms with Gasteiger partial charge in [0, 0.05) is 12.6 Å². The lowest BCUT2D eigenvalue weighted by Crippen LogP contribution is -2.48. The van der Waals surface area contributed by atoms with E-state index in [1.807, 2.05) is 0 Å². The molecule has 0 heterocycles. The summed E-state index contributed by atoms with van der Waals surface area (Å²) in [7, 11) is 2.17. The summed E-state index contributed by atoms with van der Waals surface area (Å²) in [5.41, 5.74) is 0.678. The van der Waals surface area contributed by atoms with Crippen molar-refractivity contribution in [3.05, 3.63) is 0 Å². The van der Waals surface area contributed by atoms with Crippen LogP contribution in [0.25, 0.3) is 0 Å². The third kappa shape index (κ3) is 3.11. The van der Waals surface area contributed by atoms with Gasteiger partial charge >= 0.3 is 0 Å². The highest BCUT2D eigenvalue weighted by Gasteiger charge is 2.51. The molecule has 3 heteroatoms. The fraction of sp³-hybridized carbons (Fsp3) is 1.00. The zero-order valence-electron chi connectivity index (χ0n) is 12.5. The third-order valence-electron chi connectivity index (χ3n) is 6.10. The number of aliphatic hydroxyl groups is 1. The molecule has 4 saturated carbocycles. The minimum atomic E-state index is 0. The van der Waals surface area contributed by atoms with E-state index < -0.39 is 0 Å². The summed E-state index contributed by atoms with van der Waals surface area (Å²) >= 11 is 0. The van der Waals surface area contributed by atoms with Crippen LogP contribution in [0.3, 0.4) is 0 Å². The number of hydrogen-bond donors (Lipinski definition) is 1. The number of rotatable bonds is 5. The number of aliphatic hydroxyl groups excluding tert-OH is 1. The molecular weight excluding hydrogens is 258 g/mol. The Labute approximate surface area is 124 Å². The Kier molecular flexibility index (Phi) is 4.85. The van der Waals surface area contributed by atoms with Crippen LogP contribution in [0.1, 0.15) is 51.9 Å². The smallest absolute Gasteiger partial charge is 0.0558 e. The monoisotopic (exact) mass is 287 g/mol. The minimum Gasteiger partial charge on any atom is -0.395 e. The van der Waals surface area contributed by atoms with Gasteiger partial charge < -0.3 is 10.0 Å². The molecule has 0 aromatic heterocycles. The van der Waals surface area contributed by atoms with Crippen LogP contribution in [0.2, 0.25) is 0 Å². The van der Waals surface area contributed by atoms with E-state index in [4.69, 9.17) is 5.11 Å². The maximum Gasteiger partial charge on any atom is 0.0558 e. The van der Waals surface area contributed by atoms with Gasteiger partial charge in [0.1, 0.15) is 0 Å². The Morgan fingerprint density at radius 2 is 1.58 bits per heavy atom. The van der Waals surface area contributed by atoms with E-state index in [2.05, 4.69) is 18.9 Å². The molecule has 0 radical (unpaired) electrons. The van der Waals surface area contributed by atoms with Gasteiger partial charge in [0.25, 0.3) is 0 Å². The fourth-order valence-electron chi connectivity index (χ4n) is 5.70. The molecule has 4 bridgehead atoms. The Hall–Kier alpha value is 0.210. The highest BCUT2D eigenvalue weighted by atomic mass is 35.5. The first kappa shape index (κ1) is 15.6. The molecule has 112 valence electrons. The molecule has 0 aromatic carbocycles. The summed E-state index contributed by atoms with van der Waals surface area (Å²) in [6.45, 7) is 3.48. The van der Waals surface area contributed by atoms with Gasteiger partial charge in [-0.05, 0) is 82.1 Å². The first-order valence-corrected chi connectivity index (χ1v) is 7.91. The SMILES string of the molecule is CC(CC12CC3CC(CC(C3)C1)C2)N(C)CCO.Cl. The highest BCUT2D eigenvalue weighted by molar-refractivity contribution is 5.85. The van der Waals surface area contributed by atoms with E-state index in [0.717, 1.165) is 24.3 Å². The highest BCUT2D eigenvalue weighted by Crippen LogP contribution is 2.61. The summed E-state index contributed by atoms with van der Waals surface area (Å²) in [5, 5.41) is 9.07. The first-order valence-electron chi connectivity index (χ1n) is 7.91. The zero-order chi connectivity index (χ0) is 12.8. The lowest BCUT2D eigenvalue weighted by Gasteiger charge is -2.58. The summed E-state index contributed by atoms with van der Waals surface area (Å²) in [4.78, 5) is 2.35. The molecule has 19 heavy (non-hydrogen) atoms. The summed E-state index contributed by atoms with van der Waals surface area (Å²) in [5.74, 6) is 3.18. The molecule has 0 aromatic rings. The van der Waals surface area contributed by atoms with Crippen LogP contribution >= 0.6 is 12.4 Å². The van der Waals surface area contributed by atoms with Crippen molar-refractivity contribution in [2.45, 2.75) is 57.9 Å². The van der Waals surface area contributed by atoms with E-state index in [1.54, 1.807) is 19.3 Å². The van der Waals surface area contributed by atoms with Gasteiger partial charge in [0.2, 0.25) is 0 Å². The van der Waals surface area contributed by atoms with Crippen molar-refractivity contribution in [2.75, 3.05) is 20.2 Å². The van der Waals surface area contributed by atoms with Gasteiger partial charge in [-0.15, -0.1) is 12.4 Å². The van der Waals surface area contributed by atoms with Crippen molar-refractivity contribution >= 4 is 12.4 Å². The second-order valence-electron chi connectivity index (χ2n) is 7.67. The van der Waals surface area contributed by atoms with E-state index >= 15 is 0 Å². The molecule has 4 aliphatic carbocycles. The van der Waals surface area contributed by atoms with Crippen LogP contribution in [0.15, 0.2) is 0 Å². The lowest BCUT2D eigenvalue weighted by atomic mass is 9.48. The van der Waals surface area contributed by atoms with Crippen LogP contribution in [-0.2, 0) is 0 Å². The van der Waals surface area contributed by atoms with Crippen LogP contribution in [0.4, 0.5) is 0 Å². The normalized spacial score (nSPS) is 41.4. The molecule has 2 nitrogen and oxygen atoms in total. The van der Waals surface area contributed by atoms with Gasteiger partial charge in [-0.2, -0.15) is 0 Å². The number of hydrogen-bond acceptors (Lipinski definition) is 2. The Balaban J connectivity index is 0.00000133. The van der Waals surface area contributed by atoms with E-state index in [-0.39, 0.29) is 12.4 Å². The summed E-state index contributed by atoms with van der Waals surface area (Å²) in [6.07, 6.45) is 10.5. The lowest BCUT2D eigenvalue weighted by molar-refractivity contribution is -0.0675. The molecule has 4 aliphatic rings. The fourth-order valence-corrected chi connectivity index (χ4v) is 5.70. The Morgan fingerprint density at radius 1 is 1.11 bits per heavy atom. The minimum absolute atomic E-state index is 0. The van der Waals surface area contributed by atoms with Crippen molar-refractivity contribution < 1.29 is 5.11 Å². The van der Waals surface area contributed by atoms with Crippen molar-refractivity contribution in [3.8, 4) is 0 Å². The number of halogens is 1. The molecule has 0 amide bonds. The van der Waals surface area contributed by atoms with Crippen molar-refractivity contribution in [2.24, 2.45) is 23.2 Å². The topological polar surface area (TPSA) is 23.5 Å². The second-order valence-corrected chi connectivity index (χ2v) is 7.67. The van der Waals surface area contributed by atoms with Gasteiger partial charge in [0.15, 0.2) is 0 Å².